The van der Waals surface area contributed by atoms with Gasteiger partial charge in [-0.1, -0.05) is 70.4 Å². The zero-order valence-corrected chi connectivity index (χ0v) is 17.1. The first kappa shape index (κ1) is 22.6. The molecule has 4 heteroatoms. The van der Waals surface area contributed by atoms with Gasteiger partial charge in [-0.15, -0.1) is 0 Å². The van der Waals surface area contributed by atoms with Gasteiger partial charge in [0.15, 0.2) is 0 Å². The van der Waals surface area contributed by atoms with Crippen LogP contribution in [0.2, 0.25) is 0 Å². The molecule has 0 N–H and O–H groups in total. The number of rotatable bonds is 11. The van der Waals surface area contributed by atoms with Gasteiger partial charge in [-0.05, 0) is 49.3 Å². The van der Waals surface area contributed by atoms with Gasteiger partial charge in [0.25, 0.3) is 6.08 Å². The number of carbonyl (C=O) groups is 1. The van der Waals surface area contributed by atoms with Gasteiger partial charge >= 0.3 is 5.97 Å². The van der Waals surface area contributed by atoms with E-state index in [0.29, 0.717) is 11.3 Å². The minimum atomic E-state index is -1.74. The molecule has 0 amide bonds. The number of ether oxygens (including phenoxy) is 1. The molecule has 2 rings (SSSR count). The van der Waals surface area contributed by atoms with E-state index in [4.69, 9.17) is 4.74 Å². The second-order valence-corrected chi connectivity index (χ2v) is 8.05. The maximum Gasteiger partial charge on any atom is 0.314 e. The van der Waals surface area contributed by atoms with Crippen molar-refractivity contribution < 1.29 is 18.3 Å². The van der Waals surface area contributed by atoms with Crippen LogP contribution in [0.15, 0.2) is 30.3 Å². The number of hydrogen-bond acceptors (Lipinski definition) is 2. The highest BCUT2D eigenvalue weighted by molar-refractivity contribution is 5.75. The van der Waals surface area contributed by atoms with Crippen molar-refractivity contribution in [1.29, 1.82) is 0 Å². The maximum absolute atomic E-state index is 12.4. The molecule has 28 heavy (non-hydrogen) atoms. The molecule has 0 heterocycles. The van der Waals surface area contributed by atoms with E-state index in [1.807, 2.05) is 0 Å². The van der Waals surface area contributed by atoms with Gasteiger partial charge in [0.1, 0.15) is 5.75 Å². The van der Waals surface area contributed by atoms with E-state index in [9.17, 15) is 13.6 Å². The van der Waals surface area contributed by atoms with Crippen molar-refractivity contribution in [3.8, 4) is 5.75 Å². The predicted molar refractivity (Wildman–Crippen MR) is 110 cm³/mol. The van der Waals surface area contributed by atoms with Crippen LogP contribution in [0.4, 0.5) is 8.78 Å². The lowest BCUT2D eigenvalue weighted by Gasteiger charge is -2.27. The average molecular weight is 393 g/mol. The summed E-state index contributed by atoms with van der Waals surface area (Å²) in [6, 6.07) is 6.19. The third-order valence-electron chi connectivity index (χ3n) is 5.77. The normalized spacial score (nSPS) is 19.2. The van der Waals surface area contributed by atoms with E-state index in [0.717, 1.165) is 37.7 Å². The molecule has 0 aliphatic heterocycles. The fourth-order valence-corrected chi connectivity index (χ4v) is 4.03. The lowest BCUT2D eigenvalue weighted by atomic mass is 9.80. The molecule has 1 aliphatic carbocycles. The Kier molecular flexibility index (Phi) is 10.2. The molecule has 1 aromatic carbocycles. The number of halogens is 2. The Morgan fingerprint density at radius 3 is 2.18 bits per heavy atom. The topological polar surface area (TPSA) is 26.3 Å². The van der Waals surface area contributed by atoms with Crippen LogP contribution in [0.3, 0.4) is 0 Å². The quantitative estimate of drug-likeness (QED) is 0.218. The molecule has 156 valence electrons. The van der Waals surface area contributed by atoms with Crippen LogP contribution < -0.4 is 4.74 Å². The third-order valence-corrected chi connectivity index (χ3v) is 5.77. The van der Waals surface area contributed by atoms with Crippen LogP contribution >= 0.6 is 0 Å². The fourth-order valence-electron chi connectivity index (χ4n) is 4.03. The Morgan fingerprint density at radius 2 is 1.57 bits per heavy atom. The molecule has 1 aromatic rings. The van der Waals surface area contributed by atoms with E-state index in [1.165, 1.54) is 63.5 Å². The minimum Gasteiger partial charge on any atom is -0.426 e. The maximum atomic E-state index is 12.4. The molecular weight excluding hydrogens is 358 g/mol. The number of unbranched alkanes of at least 4 members (excludes halogenated alkanes) is 6. The van der Waals surface area contributed by atoms with Gasteiger partial charge in [-0.3, -0.25) is 4.79 Å². The van der Waals surface area contributed by atoms with Crippen LogP contribution in [0, 0.1) is 11.8 Å². The standard InChI is InChI=1S/C24H34F2O2/c1-2-3-4-5-6-7-8-9-19-10-14-21(15-11-19)24(27)28-22-16-12-20(13-17-22)18-23(25)26/h12-13,16-19,21H,2-11,14-15H2,1H3. The second kappa shape index (κ2) is 12.7. The summed E-state index contributed by atoms with van der Waals surface area (Å²) in [6.07, 6.45) is 13.7. The number of benzene rings is 1. The predicted octanol–water partition coefficient (Wildman–Crippen LogP) is 7.78. The van der Waals surface area contributed by atoms with Crippen molar-refractivity contribution in [3.63, 3.8) is 0 Å². The summed E-state index contributed by atoms with van der Waals surface area (Å²) in [5.41, 5.74) is 0.394. The molecule has 1 fully saturated rings. The van der Waals surface area contributed by atoms with E-state index >= 15 is 0 Å². The summed E-state index contributed by atoms with van der Waals surface area (Å²) in [6.45, 7) is 2.25. The van der Waals surface area contributed by atoms with Crippen molar-refractivity contribution in [3.05, 3.63) is 35.9 Å². The highest BCUT2D eigenvalue weighted by Gasteiger charge is 2.27. The number of carbonyl (C=O) groups excluding carboxylic acids is 1. The highest BCUT2D eigenvalue weighted by atomic mass is 19.3. The molecular formula is C24H34F2O2. The van der Waals surface area contributed by atoms with Crippen molar-refractivity contribution in [2.75, 3.05) is 0 Å². The minimum absolute atomic E-state index is 0.0341. The van der Waals surface area contributed by atoms with Crippen LogP contribution in [0.1, 0.15) is 89.5 Å². The van der Waals surface area contributed by atoms with Gasteiger partial charge in [0.05, 0.1) is 5.92 Å². The summed E-state index contributed by atoms with van der Waals surface area (Å²) in [5.74, 6) is 0.954. The first-order valence-electron chi connectivity index (χ1n) is 10.9. The van der Waals surface area contributed by atoms with E-state index < -0.39 is 6.08 Å². The summed E-state index contributed by atoms with van der Waals surface area (Å²) in [5, 5.41) is 0. The van der Waals surface area contributed by atoms with Gasteiger partial charge in [-0.25, -0.2) is 0 Å². The molecule has 0 saturated heterocycles. The van der Waals surface area contributed by atoms with Crippen molar-refractivity contribution in [2.24, 2.45) is 11.8 Å². The summed E-state index contributed by atoms with van der Waals surface area (Å²) in [4.78, 5) is 12.4. The highest BCUT2D eigenvalue weighted by Crippen LogP contribution is 2.33. The SMILES string of the molecule is CCCCCCCCCC1CCC(C(=O)Oc2ccc(C=C(F)F)cc2)CC1. The zero-order valence-electron chi connectivity index (χ0n) is 17.1. The Labute approximate surface area is 168 Å². The summed E-state index contributed by atoms with van der Waals surface area (Å²) in [7, 11) is 0. The molecule has 0 aromatic heterocycles. The monoisotopic (exact) mass is 392 g/mol. The Hall–Kier alpha value is -1.71. The largest absolute Gasteiger partial charge is 0.426 e. The second-order valence-electron chi connectivity index (χ2n) is 8.05. The lowest BCUT2D eigenvalue weighted by Crippen LogP contribution is -2.25. The van der Waals surface area contributed by atoms with Gasteiger partial charge in [0, 0.05) is 6.08 Å². The van der Waals surface area contributed by atoms with Crippen LogP contribution in [0.5, 0.6) is 5.75 Å². The van der Waals surface area contributed by atoms with Gasteiger partial charge in [0.2, 0.25) is 0 Å². The van der Waals surface area contributed by atoms with Crippen molar-refractivity contribution in [1.82, 2.24) is 0 Å². The molecule has 0 spiro atoms. The molecule has 0 unspecified atom stereocenters. The van der Waals surface area contributed by atoms with E-state index in [2.05, 4.69) is 6.92 Å². The number of hydrogen-bond donors (Lipinski definition) is 0. The summed E-state index contributed by atoms with van der Waals surface area (Å²) < 4.78 is 29.9. The molecule has 1 saturated carbocycles. The molecule has 0 radical (unpaired) electrons. The Morgan fingerprint density at radius 1 is 0.964 bits per heavy atom. The third kappa shape index (κ3) is 8.53. The van der Waals surface area contributed by atoms with Crippen LogP contribution in [-0.4, -0.2) is 5.97 Å². The van der Waals surface area contributed by atoms with Crippen LogP contribution in [0.25, 0.3) is 6.08 Å². The summed E-state index contributed by atoms with van der Waals surface area (Å²) >= 11 is 0. The Balaban J connectivity index is 1.63. The number of esters is 1. The van der Waals surface area contributed by atoms with E-state index in [1.54, 1.807) is 12.1 Å². The first-order chi connectivity index (χ1) is 13.6. The average Bonchev–Trinajstić information content (AvgIpc) is 2.69. The molecule has 0 bridgehead atoms. The van der Waals surface area contributed by atoms with E-state index in [-0.39, 0.29) is 11.9 Å². The lowest BCUT2D eigenvalue weighted by molar-refractivity contribution is -0.140. The first-order valence-corrected chi connectivity index (χ1v) is 10.9. The van der Waals surface area contributed by atoms with Crippen LogP contribution in [-0.2, 0) is 4.79 Å². The fraction of sp³-hybridized carbons (Fsp3) is 0.625. The Bertz CT molecular complexity index is 598. The van der Waals surface area contributed by atoms with Crippen molar-refractivity contribution >= 4 is 12.0 Å². The smallest absolute Gasteiger partial charge is 0.314 e. The van der Waals surface area contributed by atoms with Gasteiger partial charge < -0.3 is 4.74 Å². The molecule has 2 nitrogen and oxygen atoms in total. The van der Waals surface area contributed by atoms with Gasteiger partial charge in [-0.2, -0.15) is 8.78 Å². The molecule has 1 aliphatic rings. The zero-order chi connectivity index (χ0) is 20.2. The molecule has 0 atom stereocenters. The van der Waals surface area contributed by atoms with Crippen molar-refractivity contribution in [2.45, 2.75) is 84.0 Å².